The maximum Gasteiger partial charge on any atom is 0.326 e. The van der Waals surface area contributed by atoms with Crippen molar-refractivity contribution in [1.29, 1.82) is 0 Å². The number of halogens is 3. The van der Waals surface area contributed by atoms with Crippen molar-refractivity contribution >= 4 is 23.8 Å². The zero-order valence-electron chi connectivity index (χ0n) is 23.1. The Bertz CT molecular complexity index is 1280. The minimum atomic E-state index is -1.35. The van der Waals surface area contributed by atoms with Gasteiger partial charge in [-0.3, -0.25) is 19.7 Å². The van der Waals surface area contributed by atoms with Crippen molar-refractivity contribution in [3.05, 3.63) is 71.0 Å². The van der Waals surface area contributed by atoms with E-state index in [1.807, 2.05) is 30.3 Å². The Morgan fingerprint density at radius 2 is 1.69 bits per heavy atom. The maximum absolute atomic E-state index is 13.9. The molecule has 1 heterocycles. The molecule has 2 aromatic carbocycles. The number of amides is 2. The third-order valence-electron chi connectivity index (χ3n) is 7.22. The fourth-order valence-electron chi connectivity index (χ4n) is 5.06. The first-order valence-electron chi connectivity index (χ1n) is 13.6. The largest absolute Gasteiger partial charge is 0.480 e. The summed E-state index contributed by atoms with van der Waals surface area (Å²) < 4.78 is 40.6. The van der Waals surface area contributed by atoms with Gasteiger partial charge in [0.15, 0.2) is 11.6 Å². The van der Waals surface area contributed by atoms with E-state index >= 15 is 0 Å². The lowest BCUT2D eigenvalue weighted by atomic mass is 10.0. The average Bonchev–Trinajstić information content (AvgIpc) is 3.35. The predicted molar refractivity (Wildman–Crippen MR) is 146 cm³/mol. The van der Waals surface area contributed by atoms with E-state index < -0.39 is 71.4 Å². The molecule has 42 heavy (non-hydrogen) atoms. The summed E-state index contributed by atoms with van der Waals surface area (Å²) in [5.74, 6) is -7.20. The van der Waals surface area contributed by atoms with Crippen LogP contribution in [0.15, 0.2) is 42.5 Å². The number of carbonyl (C=O) groups excluding carboxylic acids is 2. The van der Waals surface area contributed by atoms with E-state index in [1.165, 1.54) is 0 Å². The number of carbonyl (C=O) groups is 4. The molecule has 2 amide bonds. The number of carboxylic acids is 2. The van der Waals surface area contributed by atoms with Gasteiger partial charge in [-0.2, -0.15) is 0 Å². The van der Waals surface area contributed by atoms with E-state index in [-0.39, 0.29) is 44.2 Å². The Kier molecular flexibility index (Phi) is 11.5. The Morgan fingerprint density at radius 1 is 1.02 bits per heavy atom. The molecule has 13 heteroatoms. The van der Waals surface area contributed by atoms with Crippen molar-refractivity contribution in [3.63, 3.8) is 0 Å². The highest BCUT2D eigenvalue weighted by atomic mass is 19.2. The summed E-state index contributed by atoms with van der Waals surface area (Å²) in [6.45, 7) is 1.54. The number of nitrogens with zero attached hydrogens (tertiary/aromatic N) is 1. The molecule has 1 aliphatic heterocycles. The van der Waals surface area contributed by atoms with Gasteiger partial charge in [0.1, 0.15) is 17.9 Å². The summed E-state index contributed by atoms with van der Waals surface area (Å²) in [4.78, 5) is 51.0. The van der Waals surface area contributed by atoms with Crippen LogP contribution in [0.4, 0.5) is 13.2 Å². The first-order chi connectivity index (χ1) is 19.9. The van der Waals surface area contributed by atoms with Crippen LogP contribution in [0.2, 0.25) is 0 Å². The number of hydrogen-bond acceptors (Lipinski definition) is 6. The summed E-state index contributed by atoms with van der Waals surface area (Å²) in [5, 5.41) is 25.0. The summed E-state index contributed by atoms with van der Waals surface area (Å²) in [7, 11) is 0. The Morgan fingerprint density at radius 3 is 2.31 bits per heavy atom. The number of aryl methyl sites for hydroxylation is 1. The van der Waals surface area contributed by atoms with Gasteiger partial charge in [0.25, 0.3) is 0 Å². The number of benzene rings is 2. The van der Waals surface area contributed by atoms with Gasteiger partial charge in [-0.15, -0.1) is 0 Å². The van der Waals surface area contributed by atoms with Gasteiger partial charge in [-0.1, -0.05) is 37.3 Å². The average molecular weight is 593 g/mol. The molecule has 1 fully saturated rings. The van der Waals surface area contributed by atoms with E-state index in [4.69, 9.17) is 5.73 Å². The second-order valence-corrected chi connectivity index (χ2v) is 10.4. The highest BCUT2D eigenvalue weighted by Crippen LogP contribution is 2.21. The fourth-order valence-corrected chi connectivity index (χ4v) is 5.06. The molecule has 3 rings (SSSR count). The molecule has 1 saturated heterocycles. The molecule has 0 aromatic heterocycles. The highest BCUT2D eigenvalue weighted by molar-refractivity contribution is 5.88. The van der Waals surface area contributed by atoms with Crippen molar-refractivity contribution < 1.29 is 42.6 Å². The second-order valence-electron chi connectivity index (χ2n) is 10.4. The molecule has 0 bridgehead atoms. The van der Waals surface area contributed by atoms with Crippen LogP contribution < -0.4 is 16.4 Å². The minimum Gasteiger partial charge on any atom is -0.480 e. The molecule has 0 saturated carbocycles. The molecule has 2 aromatic rings. The number of carboxylic acid groups (broad SMARTS) is 2. The Labute approximate surface area is 241 Å². The van der Waals surface area contributed by atoms with Crippen LogP contribution in [-0.4, -0.2) is 75.6 Å². The molecule has 10 nitrogen and oxygen atoms in total. The van der Waals surface area contributed by atoms with Crippen LogP contribution in [0.5, 0.6) is 0 Å². The van der Waals surface area contributed by atoms with Crippen LogP contribution in [-0.2, 0) is 32.0 Å². The zero-order chi connectivity index (χ0) is 31.0. The molecule has 0 aliphatic carbocycles. The molecule has 0 unspecified atom stereocenters. The molecular formula is C29H35F3N4O6. The van der Waals surface area contributed by atoms with Crippen LogP contribution >= 0.6 is 0 Å². The zero-order valence-corrected chi connectivity index (χ0v) is 23.1. The second kappa shape index (κ2) is 14.8. The Balaban J connectivity index is 1.60. The van der Waals surface area contributed by atoms with E-state index in [2.05, 4.69) is 10.6 Å². The molecule has 228 valence electrons. The van der Waals surface area contributed by atoms with Crippen LogP contribution in [0, 0.1) is 17.5 Å². The number of aliphatic carboxylic acids is 2. The first kappa shape index (κ1) is 32.5. The third kappa shape index (κ3) is 8.76. The number of hydrogen-bond donors (Lipinski definition) is 5. The van der Waals surface area contributed by atoms with E-state index in [1.54, 1.807) is 6.92 Å². The van der Waals surface area contributed by atoms with Crippen LogP contribution in [0.3, 0.4) is 0 Å². The number of nitrogens with one attached hydrogen (secondary N) is 2. The normalized spacial score (nSPS) is 18.7. The van der Waals surface area contributed by atoms with Gasteiger partial charge in [0.2, 0.25) is 11.8 Å². The van der Waals surface area contributed by atoms with Crippen molar-refractivity contribution in [2.24, 2.45) is 5.73 Å². The minimum absolute atomic E-state index is 0.0906. The standard InChI is InChI=1S/C29H35F3N4O6/c1-2-23(35-24(28(39)40)9-8-16-6-4-3-5-7-16)27(38)36-15-19(13-25(36)29(41)42)34-26(37)12-18(33)10-17-11-21(31)22(32)14-20(17)30/h3-7,11,14,18-19,23-25,35H,2,8-10,12-13,15,33H2,1H3,(H,34,37)(H,39,40)(H,41,42)/t18-,19+,23-,24+,25+/m1/s1. The summed E-state index contributed by atoms with van der Waals surface area (Å²) in [6.07, 6.45) is 0.203. The SMILES string of the molecule is CC[C@@H](N[C@@H](CCc1ccccc1)C(=O)O)C(=O)N1C[C@@H](NC(=O)C[C@H](N)Cc2cc(F)c(F)cc2F)C[C@H]1C(=O)O. The number of rotatable bonds is 14. The van der Waals surface area contributed by atoms with E-state index in [0.29, 0.717) is 18.6 Å². The third-order valence-corrected chi connectivity index (χ3v) is 7.22. The summed E-state index contributed by atoms with van der Waals surface area (Å²) >= 11 is 0. The molecular weight excluding hydrogens is 557 g/mol. The van der Waals surface area contributed by atoms with Gasteiger partial charge < -0.3 is 26.2 Å². The smallest absolute Gasteiger partial charge is 0.326 e. The lowest BCUT2D eigenvalue weighted by molar-refractivity contribution is -0.149. The topological polar surface area (TPSA) is 162 Å². The molecule has 5 atom stereocenters. The van der Waals surface area contributed by atoms with Crippen molar-refractivity contribution in [3.8, 4) is 0 Å². The lowest BCUT2D eigenvalue weighted by Gasteiger charge is -2.28. The lowest BCUT2D eigenvalue weighted by Crippen LogP contribution is -2.54. The summed E-state index contributed by atoms with van der Waals surface area (Å²) in [6, 6.07) is 5.36. The first-order valence-corrected chi connectivity index (χ1v) is 13.6. The van der Waals surface area contributed by atoms with Crippen molar-refractivity contribution in [1.82, 2.24) is 15.5 Å². The molecule has 6 N–H and O–H groups in total. The highest BCUT2D eigenvalue weighted by Gasteiger charge is 2.42. The Hall–Kier alpha value is -3.97. The number of nitrogens with two attached hydrogens (primary N) is 1. The van der Waals surface area contributed by atoms with E-state index in [9.17, 15) is 42.6 Å². The van der Waals surface area contributed by atoms with Crippen LogP contribution in [0.1, 0.15) is 43.7 Å². The summed E-state index contributed by atoms with van der Waals surface area (Å²) in [5.41, 5.74) is 6.66. The molecule has 1 aliphatic rings. The van der Waals surface area contributed by atoms with Crippen molar-refractivity contribution in [2.75, 3.05) is 6.54 Å². The van der Waals surface area contributed by atoms with Gasteiger partial charge in [0, 0.05) is 37.5 Å². The van der Waals surface area contributed by atoms with Gasteiger partial charge in [-0.25, -0.2) is 18.0 Å². The quantitative estimate of drug-likeness (QED) is 0.208. The monoisotopic (exact) mass is 592 g/mol. The van der Waals surface area contributed by atoms with Gasteiger partial charge >= 0.3 is 11.9 Å². The van der Waals surface area contributed by atoms with Crippen LogP contribution in [0.25, 0.3) is 0 Å². The number of likely N-dealkylation sites (tertiary alicyclic amines) is 1. The van der Waals surface area contributed by atoms with Crippen molar-refractivity contribution in [2.45, 2.75) is 75.7 Å². The maximum atomic E-state index is 13.9. The molecule has 0 radical (unpaired) electrons. The van der Waals surface area contributed by atoms with Gasteiger partial charge in [0.05, 0.1) is 6.04 Å². The van der Waals surface area contributed by atoms with E-state index in [0.717, 1.165) is 10.5 Å². The molecule has 0 spiro atoms. The fraction of sp³-hybridized carbons (Fsp3) is 0.448. The predicted octanol–water partition coefficient (Wildman–Crippen LogP) is 1.99. The van der Waals surface area contributed by atoms with Gasteiger partial charge in [-0.05, 0) is 42.9 Å².